The van der Waals surface area contributed by atoms with Crippen LogP contribution in [0.25, 0.3) is 11.1 Å². The molecule has 28 heavy (non-hydrogen) atoms. The zero-order valence-electron chi connectivity index (χ0n) is 15.4. The number of amides is 3. The first-order valence-electron chi connectivity index (χ1n) is 9.53. The Morgan fingerprint density at radius 1 is 0.893 bits per heavy atom. The van der Waals surface area contributed by atoms with Gasteiger partial charge < -0.3 is 5.73 Å². The number of carbonyl (C=O) groups is 3. The van der Waals surface area contributed by atoms with Gasteiger partial charge in [-0.05, 0) is 66.3 Å². The topological polar surface area (TPSA) is 89.3 Å². The van der Waals surface area contributed by atoms with Crippen molar-refractivity contribution in [3.8, 4) is 11.1 Å². The number of hydrogen-bond acceptors (Lipinski definition) is 4. The molecule has 0 spiro atoms. The summed E-state index contributed by atoms with van der Waals surface area (Å²) in [7, 11) is 0. The van der Waals surface area contributed by atoms with Crippen LogP contribution in [0.4, 0.5) is 4.79 Å². The highest BCUT2D eigenvalue weighted by atomic mass is 32.2. The lowest BCUT2D eigenvalue weighted by Crippen LogP contribution is -2.31. The Morgan fingerprint density at radius 3 is 1.96 bits per heavy atom. The molecule has 0 aromatic heterocycles. The SMILES string of the molecule is NC(=O)c1ccc(-c2ccc(C3CCC(C4SC(=O)NC4=O)CC3)cc2)cc1. The maximum Gasteiger partial charge on any atom is 0.286 e. The maximum absolute atomic E-state index is 11.9. The summed E-state index contributed by atoms with van der Waals surface area (Å²) in [5.74, 6) is 0.240. The fourth-order valence-electron chi connectivity index (χ4n) is 4.21. The Morgan fingerprint density at radius 2 is 1.46 bits per heavy atom. The molecule has 2 aromatic carbocycles. The van der Waals surface area contributed by atoms with E-state index in [1.807, 2.05) is 12.1 Å². The third kappa shape index (κ3) is 3.83. The monoisotopic (exact) mass is 394 g/mol. The number of carbonyl (C=O) groups excluding carboxylic acids is 3. The summed E-state index contributed by atoms with van der Waals surface area (Å²) in [5, 5.41) is 1.98. The summed E-state index contributed by atoms with van der Waals surface area (Å²) in [6, 6.07) is 15.9. The van der Waals surface area contributed by atoms with E-state index in [0.29, 0.717) is 11.5 Å². The first-order valence-corrected chi connectivity index (χ1v) is 10.4. The van der Waals surface area contributed by atoms with Crippen molar-refractivity contribution in [1.29, 1.82) is 0 Å². The van der Waals surface area contributed by atoms with Gasteiger partial charge in [0.05, 0.1) is 5.25 Å². The molecule has 6 heteroatoms. The van der Waals surface area contributed by atoms with Crippen LogP contribution in [0.5, 0.6) is 0 Å². The van der Waals surface area contributed by atoms with E-state index in [4.69, 9.17) is 5.73 Å². The van der Waals surface area contributed by atoms with Crippen LogP contribution in [-0.4, -0.2) is 22.3 Å². The molecule has 3 N–H and O–H groups in total. The van der Waals surface area contributed by atoms with E-state index < -0.39 is 5.91 Å². The van der Waals surface area contributed by atoms with Gasteiger partial charge in [0.25, 0.3) is 5.24 Å². The third-order valence-electron chi connectivity index (χ3n) is 5.80. The van der Waals surface area contributed by atoms with Gasteiger partial charge in [0.1, 0.15) is 0 Å². The van der Waals surface area contributed by atoms with Crippen molar-refractivity contribution in [3.63, 3.8) is 0 Å². The number of rotatable bonds is 4. The number of primary amides is 1. The number of hydrogen-bond donors (Lipinski definition) is 2. The molecule has 3 amide bonds. The second-order valence-corrected chi connectivity index (χ2v) is 8.60. The molecule has 1 heterocycles. The van der Waals surface area contributed by atoms with Gasteiger partial charge in [-0.3, -0.25) is 19.7 Å². The lowest BCUT2D eigenvalue weighted by atomic mass is 9.77. The second-order valence-electron chi connectivity index (χ2n) is 7.49. The molecule has 4 rings (SSSR count). The van der Waals surface area contributed by atoms with Crippen molar-refractivity contribution in [3.05, 3.63) is 59.7 Å². The minimum Gasteiger partial charge on any atom is -0.366 e. The van der Waals surface area contributed by atoms with E-state index in [1.165, 1.54) is 5.56 Å². The van der Waals surface area contributed by atoms with Crippen LogP contribution in [0.3, 0.4) is 0 Å². The van der Waals surface area contributed by atoms with Gasteiger partial charge in [-0.1, -0.05) is 48.2 Å². The Hall–Kier alpha value is -2.60. The summed E-state index contributed by atoms with van der Waals surface area (Å²) in [4.78, 5) is 34.5. The van der Waals surface area contributed by atoms with Gasteiger partial charge in [-0.2, -0.15) is 0 Å². The standard InChI is InChI=1S/C22H22N2O3S/c23-20(25)18-11-7-16(8-12-18)14-3-1-13(2-4-14)15-5-9-17(10-6-15)19-21(26)24-22(27)28-19/h1-4,7-8,11-12,15,17,19H,5-6,9-10H2,(H2,23,25)(H,24,26,27). The minimum absolute atomic E-state index is 0.120. The molecular weight excluding hydrogens is 372 g/mol. The molecule has 1 unspecified atom stereocenters. The molecule has 1 aliphatic carbocycles. The predicted octanol–water partition coefficient (Wildman–Crippen LogP) is 4.08. The van der Waals surface area contributed by atoms with Crippen molar-refractivity contribution < 1.29 is 14.4 Å². The molecule has 0 radical (unpaired) electrons. The Bertz CT molecular complexity index is 900. The molecule has 2 fully saturated rings. The van der Waals surface area contributed by atoms with Crippen molar-refractivity contribution >= 4 is 28.8 Å². The fraction of sp³-hybridized carbons (Fsp3) is 0.318. The number of thioether (sulfide) groups is 1. The lowest BCUT2D eigenvalue weighted by Gasteiger charge is -2.30. The normalized spacial score (nSPS) is 24.8. The van der Waals surface area contributed by atoms with Gasteiger partial charge in [0, 0.05) is 5.56 Å². The molecule has 0 bridgehead atoms. The number of imide groups is 1. The molecule has 1 aliphatic heterocycles. The summed E-state index contributed by atoms with van der Waals surface area (Å²) < 4.78 is 0. The summed E-state index contributed by atoms with van der Waals surface area (Å²) in [5.41, 5.74) is 9.27. The molecular formula is C22H22N2O3S. The van der Waals surface area contributed by atoms with E-state index in [2.05, 4.69) is 29.6 Å². The predicted molar refractivity (Wildman–Crippen MR) is 110 cm³/mol. The highest BCUT2D eigenvalue weighted by molar-refractivity contribution is 8.15. The zero-order valence-corrected chi connectivity index (χ0v) is 16.2. The minimum atomic E-state index is -0.421. The van der Waals surface area contributed by atoms with Crippen LogP contribution in [0.2, 0.25) is 0 Å². The van der Waals surface area contributed by atoms with Crippen molar-refractivity contribution in [1.82, 2.24) is 5.32 Å². The molecule has 2 aromatic rings. The van der Waals surface area contributed by atoms with Crippen LogP contribution >= 0.6 is 11.8 Å². The average molecular weight is 394 g/mol. The van der Waals surface area contributed by atoms with Crippen LogP contribution in [0.1, 0.15) is 47.5 Å². The summed E-state index contributed by atoms with van der Waals surface area (Å²) >= 11 is 1.15. The Balaban J connectivity index is 1.39. The number of nitrogens with two attached hydrogens (primary N) is 1. The lowest BCUT2D eigenvalue weighted by molar-refractivity contribution is -0.120. The first kappa shape index (κ1) is 18.7. The maximum atomic E-state index is 11.9. The average Bonchev–Trinajstić information content (AvgIpc) is 3.06. The van der Waals surface area contributed by atoms with E-state index in [1.54, 1.807) is 12.1 Å². The summed E-state index contributed by atoms with van der Waals surface area (Å²) in [6.45, 7) is 0. The highest BCUT2D eigenvalue weighted by Crippen LogP contribution is 2.41. The van der Waals surface area contributed by atoms with Gasteiger partial charge in [0.2, 0.25) is 11.8 Å². The summed E-state index contributed by atoms with van der Waals surface area (Å²) in [6.07, 6.45) is 4.02. The molecule has 1 saturated heterocycles. The Kier molecular flexibility index (Phi) is 5.22. The number of nitrogens with one attached hydrogen (secondary N) is 1. The third-order valence-corrected chi connectivity index (χ3v) is 6.97. The van der Waals surface area contributed by atoms with E-state index in [-0.39, 0.29) is 22.3 Å². The van der Waals surface area contributed by atoms with Crippen molar-refractivity contribution in [2.24, 2.45) is 11.7 Å². The molecule has 144 valence electrons. The van der Waals surface area contributed by atoms with Crippen molar-refractivity contribution in [2.75, 3.05) is 0 Å². The van der Waals surface area contributed by atoms with Crippen LogP contribution in [0, 0.1) is 5.92 Å². The Labute approximate surface area is 168 Å². The first-order chi connectivity index (χ1) is 13.5. The largest absolute Gasteiger partial charge is 0.366 e. The van der Waals surface area contributed by atoms with Crippen molar-refractivity contribution in [2.45, 2.75) is 36.9 Å². The quantitative estimate of drug-likeness (QED) is 0.818. The second kappa shape index (κ2) is 7.80. The molecule has 5 nitrogen and oxygen atoms in total. The van der Waals surface area contributed by atoms with Crippen LogP contribution in [-0.2, 0) is 4.79 Å². The van der Waals surface area contributed by atoms with Gasteiger partial charge in [-0.25, -0.2) is 0 Å². The number of benzene rings is 2. The van der Waals surface area contributed by atoms with E-state index in [9.17, 15) is 14.4 Å². The van der Waals surface area contributed by atoms with Gasteiger partial charge >= 0.3 is 0 Å². The van der Waals surface area contributed by atoms with E-state index in [0.717, 1.165) is 48.6 Å². The highest BCUT2D eigenvalue weighted by Gasteiger charge is 2.39. The van der Waals surface area contributed by atoms with Gasteiger partial charge in [0.15, 0.2) is 0 Å². The van der Waals surface area contributed by atoms with E-state index >= 15 is 0 Å². The van der Waals surface area contributed by atoms with Crippen LogP contribution < -0.4 is 11.1 Å². The molecule has 1 atom stereocenters. The van der Waals surface area contributed by atoms with Gasteiger partial charge in [-0.15, -0.1) is 0 Å². The molecule has 1 saturated carbocycles. The van der Waals surface area contributed by atoms with Crippen LogP contribution in [0.15, 0.2) is 48.5 Å². The fourth-order valence-corrected chi connectivity index (χ4v) is 5.23. The zero-order chi connectivity index (χ0) is 19.7. The molecule has 2 aliphatic rings. The smallest absolute Gasteiger partial charge is 0.286 e.